The number of benzene rings is 4. The molecule has 246 valence electrons. The molecule has 0 bridgehead atoms. The monoisotopic (exact) mass is 648 g/mol. The van der Waals surface area contributed by atoms with Gasteiger partial charge in [-0.2, -0.15) is 0 Å². The number of ketones is 1. The molecule has 1 aliphatic carbocycles. The molecule has 9 nitrogen and oxygen atoms in total. The molecule has 0 spiro atoms. The van der Waals surface area contributed by atoms with Gasteiger partial charge in [0.1, 0.15) is 51.6 Å². The Morgan fingerprint density at radius 2 is 1.50 bits per heavy atom. The van der Waals surface area contributed by atoms with Gasteiger partial charge in [0.15, 0.2) is 5.78 Å². The average Bonchev–Trinajstić information content (AvgIpc) is 3.43. The van der Waals surface area contributed by atoms with E-state index >= 15 is 0 Å². The van der Waals surface area contributed by atoms with E-state index in [2.05, 4.69) is 0 Å². The van der Waals surface area contributed by atoms with E-state index in [1.807, 2.05) is 32.9 Å². The standard InChI is InChI=1S/C39H36O9/c1-19(2)4-7-26-32(43)11-10-27(38(26)46)39(47)37-30(24-8-5-21(40)15-33(24)44)12-20(3)13-31(37)28-14-23(42)17-35-29(28)18-36(48-35)25-9-6-22(41)16-34(25)45/h4-6,8-11,13-18,30-31,37,40-46H,7,12H2,1-3H3/t30-,31-,37-/m1/s1. The van der Waals surface area contributed by atoms with Crippen molar-refractivity contribution in [2.45, 2.75) is 45.4 Å². The van der Waals surface area contributed by atoms with E-state index in [4.69, 9.17) is 4.42 Å². The Bertz CT molecular complexity index is 2130. The van der Waals surface area contributed by atoms with Gasteiger partial charge in [0.2, 0.25) is 0 Å². The number of carbonyl (C=O) groups excluding carboxylic acids is 1. The van der Waals surface area contributed by atoms with Crippen molar-refractivity contribution >= 4 is 16.8 Å². The number of hydrogen-bond acceptors (Lipinski definition) is 9. The molecule has 6 rings (SSSR count). The van der Waals surface area contributed by atoms with Crippen LogP contribution in [-0.2, 0) is 6.42 Å². The van der Waals surface area contributed by atoms with E-state index in [1.165, 1.54) is 48.5 Å². The third-order valence-corrected chi connectivity index (χ3v) is 9.04. The van der Waals surface area contributed by atoms with Crippen LogP contribution in [-0.4, -0.2) is 41.5 Å². The van der Waals surface area contributed by atoms with E-state index in [1.54, 1.807) is 18.2 Å². The first-order chi connectivity index (χ1) is 22.8. The number of allylic oxidation sites excluding steroid dienone is 4. The SMILES string of the molecule is CC(C)=CCc1c(O)ccc(C(=O)[C@H]2[C@@H](c3cc(O)cc4oc(-c5ccc(O)cc5O)cc34)C=C(C)C[C@@H]2c2ccc(O)cc2O)c1O. The van der Waals surface area contributed by atoms with Crippen molar-refractivity contribution in [1.82, 2.24) is 0 Å². The third kappa shape index (κ3) is 5.90. The Kier molecular flexibility index (Phi) is 8.30. The minimum absolute atomic E-state index is 0.00512. The van der Waals surface area contributed by atoms with Crippen LogP contribution in [0.2, 0.25) is 0 Å². The number of carbonyl (C=O) groups is 1. The third-order valence-electron chi connectivity index (χ3n) is 9.04. The second-order valence-electron chi connectivity index (χ2n) is 12.7. The summed E-state index contributed by atoms with van der Waals surface area (Å²) >= 11 is 0. The molecule has 0 saturated heterocycles. The zero-order valence-corrected chi connectivity index (χ0v) is 26.6. The van der Waals surface area contributed by atoms with Gasteiger partial charge in [0.05, 0.1) is 11.1 Å². The van der Waals surface area contributed by atoms with Crippen molar-refractivity contribution < 1.29 is 45.0 Å². The van der Waals surface area contributed by atoms with Crippen LogP contribution in [0.15, 0.2) is 94.4 Å². The van der Waals surface area contributed by atoms with E-state index < -0.39 is 23.5 Å². The highest BCUT2D eigenvalue weighted by atomic mass is 16.3. The van der Waals surface area contributed by atoms with Gasteiger partial charge in [-0.15, -0.1) is 0 Å². The summed E-state index contributed by atoms with van der Waals surface area (Å²) in [6.07, 6.45) is 4.33. The molecule has 0 aliphatic heterocycles. The highest BCUT2D eigenvalue weighted by Gasteiger charge is 2.42. The number of Topliss-reactive ketones (excluding diaryl/α,β-unsaturated/α-hetero) is 1. The number of fused-ring (bicyclic) bond motifs is 1. The maximum absolute atomic E-state index is 14.8. The van der Waals surface area contributed by atoms with Gasteiger partial charge < -0.3 is 40.2 Å². The molecule has 0 amide bonds. The molecule has 0 radical (unpaired) electrons. The molecule has 7 N–H and O–H groups in total. The molecule has 0 unspecified atom stereocenters. The molecule has 1 heterocycles. The molecular formula is C39H36O9. The number of furan rings is 1. The van der Waals surface area contributed by atoms with Gasteiger partial charge in [-0.1, -0.05) is 29.4 Å². The first-order valence-electron chi connectivity index (χ1n) is 15.5. The van der Waals surface area contributed by atoms with Crippen LogP contribution >= 0.6 is 0 Å². The Morgan fingerprint density at radius 1 is 0.792 bits per heavy atom. The lowest BCUT2D eigenvalue weighted by atomic mass is 9.65. The van der Waals surface area contributed by atoms with Crippen molar-refractivity contribution in [3.8, 4) is 51.6 Å². The summed E-state index contributed by atoms with van der Waals surface area (Å²) in [6.45, 7) is 5.68. The smallest absolute Gasteiger partial charge is 0.171 e. The van der Waals surface area contributed by atoms with Gasteiger partial charge in [0.25, 0.3) is 0 Å². The number of hydrogen-bond donors (Lipinski definition) is 7. The van der Waals surface area contributed by atoms with Crippen molar-refractivity contribution in [3.63, 3.8) is 0 Å². The number of rotatable bonds is 7. The van der Waals surface area contributed by atoms with Gasteiger partial charge in [0, 0.05) is 46.9 Å². The minimum Gasteiger partial charge on any atom is -0.508 e. The topological polar surface area (TPSA) is 172 Å². The molecule has 3 atom stereocenters. The van der Waals surface area contributed by atoms with Crippen molar-refractivity contribution in [3.05, 3.63) is 112 Å². The van der Waals surface area contributed by atoms with Crippen LogP contribution in [0, 0.1) is 5.92 Å². The highest BCUT2D eigenvalue weighted by molar-refractivity contribution is 6.03. The summed E-state index contributed by atoms with van der Waals surface area (Å²) in [5.41, 5.74) is 3.61. The summed E-state index contributed by atoms with van der Waals surface area (Å²) in [6, 6.07) is 15.8. The number of aromatic hydroxyl groups is 7. The Hall–Kier alpha value is -5.83. The van der Waals surface area contributed by atoms with Crippen LogP contribution in [0.5, 0.6) is 40.2 Å². The molecule has 9 heteroatoms. The lowest BCUT2D eigenvalue weighted by Crippen LogP contribution is -2.31. The molecule has 0 saturated carbocycles. The van der Waals surface area contributed by atoms with Crippen LogP contribution < -0.4 is 0 Å². The Labute approximate surface area is 276 Å². The fourth-order valence-electron chi connectivity index (χ4n) is 6.78. The number of phenols is 7. The lowest BCUT2D eigenvalue weighted by Gasteiger charge is -2.37. The van der Waals surface area contributed by atoms with Gasteiger partial charge in [-0.25, -0.2) is 0 Å². The quantitative estimate of drug-likeness (QED) is 0.0677. The molecular weight excluding hydrogens is 612 g/mol. The largest absolute Gasteiger partial charge is 0.508 e. The lowest BCUT2D eigenvalue weighted by molar-refractivity contribution is 0.0877. The summed E-state index contributed by atoms with van der Waals surface area (Å²) in [5, 5.41) is 75.0. The molecule has 0 fully saturated rings. The zero-order valence-electron chi connectivity index (χ0n) is 26.6. The van der Waals surface area contributed by atoms with Gasteiger partial charge in [-0.05, 0) is 87.2 Å². The maximum atomic E-state index is 14.8. The normalized spacial score (nSPS) is 17.6. The van der Waals surface area contributed by atoms with Crippen LogP contribution in [0.25, 0.3) is 22.3 Å². The first kappa shape index (κ1) is 32.1. The van der Waals surface area contributed by atoms with Crippen LogP contribution in [0.3, 0.4) is 0 Å². The Balaban J connectivity index is 1.57. The van der Waals surface area contributed by atoms with Crippen molar-refractivity contribution in [2.75, 3.05) is 0 Å². The molecule has 5 aromatic rings. The van der Waals surface area contributed by atoms with Crippen molar-refractivity contribution in [2.24, 2.45) is 5.92 Å². The minimum atomic E-state index is -0.943. The second-order valence-corrected chi connectivity index (χ2v) is 12.7. The van der Waals surface area contributed by atoms with Gasteiger partial charge >= 0.3 is 0 Å². The summed E-state index contributed by atoms with van der Waals surface area (Å²) in [7, 11) is 0. The average molecular weight is 649 g/mol. The fourth-order valence-corrected chi connectivity index (χ4v) is 6.78. The highest BCUT2D eigenvalue weighted by Crippen LogP contribution is 2.52. The zero-order chi connectivity index (χ0) is 34.4. The maximum Gasteiger partial charge on any atom is 0.171 e. The fraction of sp³-hybridized carbons (Fsp3) is 0.205. The van der Waals surface area contributed by atoms with E-state index in [0.29, 0.717) is 28.5 Å². The van der Waals surface area contributed by atoms with Gasteiger partial charge in [-0.3, -0.25) is 4.79 Å². The Morgan fingerprint density at radius 3 is 2.19 bits per heavy atom. The predicted octanol–water partition coefficient (Wildman–Crippen LogP) is 8.26. The van der Waals surface area contributed by atoms with Crippen LogP contribution in [0.4, 0.5) is 0 Å². The summed E-state index contributed by atoms with van der Waals surface area (Å²) < 4.78 is 6.08. The van der Waals surface area contributed by atoms with Crippen molar-refractivity contribution in [1.29, 1.82) is 0 Å². The summed E-state index contributed by atoms with van der Waals surface area (Å²) in [4.78, 5) is 14.8. The molecule has 1 aromatic heterocycles. The van der Waals surface area contributed by atoms with E-state index in [0.717, 1.165) is 11.1 Å². The second kappa shape index (κ2) is 12.4. The van der Waals surface area contributed by atoms with E-state index in [9.17, 15) is 40.5 Å². The predicted molar refractivity (Wildman–Crippen MR) is 181 cm³/mol. The van der Waals surface area contributed by atoms with E-state index in [-0.39, 0.29) is 69.1 Å². The molecule has 48 heavy (non-hydrogen) atoms. The molecule has 1 aliphatic rings. The molecule has 4 aromatic carbocycles. The van der Waals surface area contributed by atoms with Crippen LogP contribution in [0.1, 0.15) is 66.1 Å². The summed E-state index contributed by atoms with van der Waals surface area (Å²) in [5.74, 6) is -3.77. The number of phenolic OH excluding ortho intramolecular Hbond substituents is 7. The first-order valence-corrected chi connectivity index (χ1v) is 15.5.